The SMILES string of the molecule is CN(C)S(=O)(=O)c1ccc2[nH]c(O)c(N=NC(N)=S)c2c1. The molecule has 10 heteroatoms. The predicted octanol–water partition coefficient (Wildman–Crippen LogP) is 1.45. The minimum Gasteiger partial charge on any atom is -0.493 e. The van der Waals surface area contributed by atoms with Gasteiger partial charge in [0.15, 0.2) is 5.69 Å². The number of thiocarbonyl (C=S) groups is 1. The minimum absolute atomic E-state index is 0.0748. The van der Waals surface area contributed by atoms with Crippen molar-refractivity contribution in [1.82, 2.24) is 9.29 Å². The first kappa shape index (κ1) is 15.4. The standard InChI is InChI=1S/C11H13N5O3S2/c1-16(2)21(18,19)6-3-4-8-7(5-6)9(10(17)13-8)14-15-11(12)20/h3-5,13,17H,1-2H3,(H2,12,20). The van der Waals surface area contributed by atoms with Crippen molar-refractivity contribution >= 4 is 43.9 Å². The van der Waals surface area contributed by atoms with Gasteiger partial charge >= 0.3 is 0 Å². The molecule has 0 unspecified atom stereocenters. The Morgan fingerprint density at radius 1 is 1.43 bits per heavy atom. The van der Waals surface area contributed by atoms with Gasteiger partial charge in [0.25, 0.3) is 0 Å². The molecule has 1 aromatic heterocycles. The van der Waals surface area contributed by atoms with E-state index in [-0.39, 0.29) is 21.6 Å². The van der Waals surface area contributed by atoms with Crippen LogP contribution in [-0.4, -0.2) is 42.0 Å². The summed E-state index contributed by atoms with van der Waals surface area (Å²) in [4.78, 5) is 2.74. The van der Waals surface area contributed by atoms with Crippen LogP contribution in [0, 0.1) is 0 Å². The average Bonchev–Trinajstić information content (AvgIpc) is 2.70. The van der Waals surface area contributed by atoms with E-state index >= 15 is 0 Å². The number of H-pyrrole nitrogens is 1. The summed E-state index contributed by atoms with van der Waals surface area (Å²) in [5, 5.41) is 17.2. The van der Waals surface area contributed by atoms with Crippen LogP contribution < -0.4 is 5.73 Å². The molecule has 2 aromatic rings. The summed E-state index contributed by atoms with van der Waals surface area (Å²) in [6.07, 6.45) is 0. The number of rotatable bonds is 3. The quantitative estimate of drug-likeness (QED) is 0.581. The average molecular weight is 327 g/mol. The summed E-state index contributed by atoms with van der Waals surface area (Å²) in [5.74, 6) is -0.246. The molecule has 0 saturated carbocycles. The number of sulfonamides is 1. The van der Waals surface area contributed by atoms with E-state index in [4.69, 9.17) is 5.73 Å². The summed E-state index contributed by atoms with van der Waals surface area (Å²) in [5.41, 5.74) is 5.81. The number of fused-ring (bicyclic) bond motifs is 1. The molecule has 0 amide bonds. The topological polar surface area (TPSA) is 124 Å². The Morgan fingerprint density at radius 2 is 2.10 bits per heavy atom. The van der Waals surface area contributed by atoms with Crippen molar-refractivity contribution in [2.75, 3.05) is 14.1 Å². The molecule has 4 N–H and O–H groups in total. The first-order valence-corrected chi connectivity index (χ1v) is 7.56. The van der Waals surface area contributed by atoms with Gasteiger partial charge in [-0.05, 0) is 30.4 Å². The van der Waals surface area contributed by atoms with Gasteiger partial charge in [-0.25, -0.2) is 12.7 Å². The third kappa shape index (κ3) is 2.86. The fourth-order valence-electron chi connectivity index (χ4n) is 1.71. The zero-order valence-corrected chi connectivity index (χ0v) is 12.9. The monoisotopic (exact) mass is 327 g/mol. The summed E-state index contributed by atoms with van der Waals surface area (Å²) < 4.78 is 25.3. The molecule has 0 aliphatic carbocycles. The van der Waals surface area contributed by atoms with Crippen LogP contribution in [-0.2, 0) is 10.0 Å². The number of nitrogens with two attached hydrogens (primary N) is 1. The minimum atomic E-state index is -3.59. The van der Waals surface area contributed by atoms with Gasteiger partial charge in [0.1, 0.15) is 0 Å². The number of benzene rings is 1. The van der Waals surface area contributed by atoms with Crippen molar-refractivity contribution in [3.63, 3.8) is 0 Å². The zero-order valence-electron chi connectivity index (χ0n) is 11.2. The van der Waals surface area contributed by atoms with Gasteiger partial charge in [0, 0.05) is 19.5 Å². The van der Waals surface area contributed by atoms with Gasteiger partial charge in [-0.2, -0.15) is 0 Å². The zero-order chi connectivity index (χ0) is 15.8. The van der Waals surface area contributed by atoms with Crippen LogP contribution in [0.25, 0.3) is 10.9 Å². The van der Waals surface area contributed by atoms with Crippen LogP contribution in [0.3, 0.4) is 0 Å². The van der Waals surface area contributed by atoms with E-state index in [0.29, 0.717) is 10.9 Å². The summed E-state index contributed by atoms with van der Waals surface area (Å²) in [7, 11) is -0.728. The van der Waals surface area contributed by atoms with Gasteiger partial charge < -0.3 is 15.8 Å². The molecule has 0 fully saturated rings. The summed E-state index contributed by atoms with van der Waals surface area (Å²) in [6, 6.07) is 4.36. The van der Waals surface area contributed by atoms with Gasteiger partial charge in [0.2, 0.25) is 21.0 Å². The highest BCUT2D eigenvalue weighted by molar-refractivity contribution is 7.89. The van der Waals surface area contributed by atoms with E-state index in [1.165, 1.54) is 32.3 Å². The Morgan fingerprint density at radius 3 is 2.67 bits per heavy atom. The highest BCUT2D eigenvalue weighted by Gasteiger charge is 2.20. The van der Waals surface area contributed by atoms with E-state index in [0.717, 1.165) is 4.31 Å². The van der Waals surface area contributed by atoms with Crippen LogP contribution in [0.1, 0.15) is 0 Å². The van der Waals surface area contributed by atoms with Gasteiger partial charge in [0.05, 0.1) is 10.4 Å². The van der Waals surface area contributed by atoms with Crippen molar-refractivity contribution in [2.24, 2.45) is 16.0 Å². The van der Waals surface area contributed by atoms with E-state index in [1.807, 2.05) is 0 Å². The summed E-state index contributed by atoms with van der Waals surface area (Å²) >= 11 is 4.58. The molecule has 2 rings (SSSR count). The highest BCUT2D eigenvalue weighted by atomic mass is 32.2. The summed E-state index contributed by atoms with van der Waals surface area (Å²) in [6.45, 7) is 0. The third-order valence-corrected chi connectivity index (χ3v) is 4.64. The molecule has 112 valence electrons. The number of aromatic nitrogens is 1. The maximum atomic E-state index is 12.1. The molecular weight excluding hydrogens is 314 g/mol. The molecular formula is C11H13N5O3S2. The number of hydrogen-bond donors (Lipinski definition) is 3. The van der Waals surface area contributed by atoms with Gasteiger partial charge in [-0.1, -0.05) is 0 Å². The maximum absolute atomic E-state index is 12.1. The van der Waals surface area contributed by atoms with Crippen LogP contribution in [0.4, 0.5) is 5.69 Å². The van der Waals surface area contributed by atoms with Gasteiger partial charge in [-0.15, -0.1) is 10.2 Å². The Bertz CT molecular complexity index is 839. The fraction of sp³-hybridized carbons (Fsp3) is 0.182. The lowest BCUT2D eigenvalue weighted by molar-refractivity contribution is 0.459. The molecule has 0 saturated heterocycles. The molecule has 0 aliphatic heterocycles. The number of azo groups is 1. The van der Waals surface area contributed by atoms with Crippen molar-refractivity contribution in [3.8, 4) is 5.88 Å². The number of hydrogen-bond acceptors (Lipinski definition) is 5. The maximum Gasteiger partial charge on any atom is 0.242 e. The van der Waals surface area contributed by atoms with Crippen molar-refractivity contribution < 1.29 is 13.5 Å². The Kier molecular flexibility index (Phi) is 3.94. The number of nitrogens with zero attached hydrogens (tertiary/aromatic N) is 3. The molecule has 0 atom stereocenters. The molecule has 21 heavy (non-hydrogen) atoms. The number of nitrogens with one attached hydrogen (secondary N) is 1. The first-order valence-electron chi connectivity index (χ1n) is 5.72. The molecule has 8 nitrogen and oxygen atoms in total. The largest absolute Gasteiger partial charge is 0.493 e. The number of aromatic amines is 1. The first-order chi connectivity index (χ1) is 9.73. The lowest BCUT2D eigenvalue weighted by Crippen LogP contribution is -2.22. The van der Waals surface area contributed by atoms with E-state index in [1.54, 1.807) is 0 Å². The fourth-order valence-corrected chi connectivity index (χ4v) is 2.68. The van der Waals surface area contributed by atoms with E-state index in [9.17, 15) is 13.5 Å². The highest BCUT2D eigenvalue weighted by Crippen LogP contribution is 2.36. The van der Waals surface area contributed by atoms with Crippen LogP contribution >= 0.6 is 12.2 Å². The lowest BCUT2D eigenvalue weighted by Gasteiger charge is -2.11. The second kappa shape index (κ2) is 5.39. The van der Waals surface area contributed by atoms with E-state index < -0.39 is 10.0 Å². The third-order valence-electron chi connectivity index (χ3n) is 2.75. The molecule has 1 aromatic carbocycles. The lowest BCUT2D eigenvalue weighted by atomic mass is 10.2. The second-order valence-electron chi connectivity index (χ2n) is 4.36. The smallest absolute Gasteiger partial charge is 0.242 e. The van der Waals surface area contributed by atoms with Crippen LogP contribution in [0.15, 0.2) is 33.3 Å². The van der Waals surface area contributed by atoms with Crippen molar-refractivity contribution in [1.29, 1.82) is 0 Å². The Balaban J connectivity index is 2.67. The van der Waals surface area contributed by atoms with Gasteiger partial charge in [-0.3, -0.25) is 0 Å². The predicted molar refractivity (Wildman–Crippen MR) is 82.1 cm³/mol. The molecule has 0 aliphatic rings. The number of aromatic hydroxyl groups is 1. The van der Waals surface area contributed by atoms with Crippen LogP contribution in [0.5, 0.6) is 5.88 Å². The van der Waals surface area contributed by atoms with E-state index in [2.05, 4.69) is 27.4 Å². The second-order valence-corrected chi connectivity index (χ2v) is 6.93. The molecule has 0 bridgehead atoms. The molecule has 0 spiro atoms. The normalized spacial score (nSPS) is 12.5. The van der Waals surface area contributed by atoms with Crippen molar-refractivity contribution in [2.45, 2.75) is 4.90 Å². The van der Waals surface area contributed by atoms with Crippen molar-refractivity contribution in [3.05, 3.63) is 18.2 Å². The Hall–Kier alpha value is -2.04. The Labute approximate surface area is 126 Å². The molecule has 0 radical (unpaired) electrons. The molecule has 1 heterocycles. The van der Waals surface area contributed by atoms with Crippen LogP contribution in [0.2, 0.25) is 0 Å².